The Morgan fingerprint density at radius 3 is 2.26 bits per heavy atom. The van der Waals surface area contributed by atoms with Gasteiger partial charge in [-0.15, -0.1) is 0 Å². The van der Waals surface area contributed by atoms with Crippen molar-refractivity contribution in [3.63, 3.8) is 0 Å². The molecule has 5 nitrogen and oxygen atoms in total. The summed E-state index contributed by atoms with van der Waals surface area (Å²) in [6.07, 6.45) is 0.689. The lowest BCUT2D eigenvalue weighted by molar-refractivity contribution is 0.0977. The number of benzene rings is 2. The van der Waals surface area contributed by atoms with Crippen molar-refractivity contribution in [2.24, 2.45) is 0 Å². The number of amides is 1. The first-order chi connectivity index (χ1) is 10.7. The lowest BCUT2D eigenvalue weighted by Crippen LogP contribution is -2.30. The zero-order chi connectivity index (χ0) is 17.2. The van der Waals surface area contributed by atoms with Gasteiger partial charge in [0.1, 0.15) is 5.82 Å². The molecule has 2 aromatic carbocycles. The molecule has 0 saturated carbocycles. The van der Waals surface area contributed by atoms with E-state index in [2.05, 4.69) is 0 Å². The van der Waals surface area contributed by atoms with Crippen molar-refractivity contribution < 1.29 is 31.1 Å². The van der Waals surface area contributed by atoms with Gasteiger partial charge in [0.15, 0.2) is 23.1 Å². The Balaban J connectivity index is 2.34. The quantitative estimate of drug-likeness (QED) is 0.924. The third kappa shape index (κ3) is 4.22. The highest BCUT2D eigenvalue weighted by Gasteiger charge is 2.20. The van der Waals surface area contributed by atoms with Gasteiger partial charge >= 0.3 is 0 Å². The zero-order valence-electron chi connectivity index (χ0n) is 11.6. The molecule has 2 aromatic rings. The average Bonchev–Trinajstić information content (AvgIpc) is 2.43. The van der Waals surface area contributed by atoms with Gasteiger partial charge in [0.25, 0.3) is 5.91 Å². The average molecular weight is 345 g/mol. The molecule has 0 bridgehead atoms. The number of hydrogen-bond donors (Lipinski definition) is 1. The molecular formula is C14H10F3NO4S. The van der Waals surface area contributed by atoms with Crippen molar-refractivity contribution in [3.05, 3.63) is 59.4 Å². The Morgan fingerprint density at radius 1 is 1.00 bits per heavy atom. The number of hydrogen-bond acceptors (Lipinski definition) is 4. The first-order valence-corrected chi connectivity index (χ1v) is 8.00. The summed E-state index contributed by atoms with van der Waals surface area (Å²) < 4.78 is 69.5. The van der Waals surface area contributed by atoms with Crippen LogP contribution in [0.25, 0.3) is 0 Å². The van der Waals surface area contributed by atoms with Crippen LogP contribution in [0, 0.1) is 17.5 Å². The first-order valence-electron chi connectivity index (χ1n) is 6.11. The van der Waals surface area contributed by atoms with Crippen LogP contribution in [0.5, 0.6) is 11.5 Å². The summed E-state index contributed by atoms with van der Waals surface area (Å²) in [5, 5.41) is 0. The van der Waals surface area contributed by atoms with E-state index in [1.54, 1.807) is 0 Å². The Kier molecular flexibility index (Phi) is 4.60. The molecule has 0 unspecified atom stereocenters. The van der Waals surface area contributed by atoms with Crippen molar-refractivity contribution in [2.75, 3.05) is 6.26 Å². The molecule has 0 aliphatic heterocycles. The minimum atomic E-state index is -3.93. The number of nitrogens with one attached hydrogen (secondary N) is 1. The highest BCUT2D eigenvalue weighted by Crippen LogP contribution is 2.28. The van der Waals surface area contributed by atoms with Crippen LogP contribution >= 0.6 is 0 Å². The molecule has 0 heterocycles. The van der Waals surface area contributed by atoms with Crippen molar-refractivity contribution in [1.29, 1.82) is 0 Å². The SMILES string of the molecule is CS(=O)(=O)NC(=O)c1cc(F)c(Oc2ccccc2F)cc1F. The van der Waals surface area contributed by atoms with Crippen molar-refractivity contribution in [1.82, 2.24) is 4.72 Å². The second-order valence-electron chi connectivity index (χ2n) is 4.50. The molecule has 2 rings (SSSR count). The fraction of sp³-hybridized carbons (Fsp3) is 0.0714. The minimum absolute atomic E-state index is 0.334. The second kappa shape index (κ2) is 6.29. The van der Waals surface area contributed by atoms with Crippen LogP contribution in [0.4, 0.5) is 13.2 Å². The van der Waals surface area contributed by atoms with E-state index in [0.29, 0.717) is 18.4 Å². The van der Waals surface area contributed by atoms with Crippen molar-refractivity contribution in [3.8, 4) is 11.5 Å². The molecule has 0 aliphatic rings. The highest BCUT2D eigenvalue weighted by atomic mass is 32.2. The molecular weight excluding hydrogens is 335 g/mol. The standard InChI is InChI=1S/C14H10F3NO4S/c1-23(20,21)18-14(19)8-6-11(17)13(7-10(8)16)22-12-5-3-2-4-9(12)15/h2-7H,1H3,(H,18,19). The van der Waals surface area contributed by atoms with Crippen LogP contribution < -0.4 is 9.46 Å². The van der Waals surface area contributed by atoms with Gasteiger partial charge in [-0.05, 0) is 18.2 Å². The summed E-state index contributed by atoms with van der Waals surface area (Å²) in [6.45, 7) is 0. The smallest absolute Gasteiger partial charge is 0.267 e. The topological polar surface area (TPSA) is 72.5 Å². The number of carbonyl (C=O) groups excluding carboxylic acids is 1. The van der Waals surface area contributed by atoms with Gasteiger partial charge in [-0.2, -0.15) is 0 Å². The third-order valence-corrected chi connectivity index (χ3v) is 3.16. The minimum Gasteiger partial charge on any atom is -0.451 e. The molecule has 0 aromatic heterocycles. The summed E-state index contributed by atoms with van der Waals surface area (Å²) in [6, 6.07) is 6.08. The molecule has 1 amide bonds. The Morgan fingerprint density at radius 2 is 1.65 bits per heavy atom. The first kappa shape index (κ1) is 16.8. The van der Waals surface area contributed by atoms with Gasteiger partial charge in [-0.1, -0.05) is 12.1 Å². The summed E-state index contributed by atoms with van der Waals surface area (Å²) >= 11 is 0. The van der Waals surface area contributed by atoms with E-state index < -0.39 is 44.7 Å². The van der Waals surface area contributed by atoms with Gasteiger partial charge in [-0.25, -0.2) is 26.3 Å². The van der Waals surface area contributed by atoms with Crippen LogP contribution in [0.15, 0.2) is 36.4 Å². The summed E-state index contributed by atoms with van der Waals surface area (Å²) in [7, 11) is -3.93. The van der Waals surface area contributed by atoms with E-state index in [0.717, 1.165) is 6.07 Å². The Bertz CT molecular complexity index is 868. The summed E-state index contributed by atoms with van der Waals surface area (Å²) in [4.78, 5) is 11.6. The van der Waals surface area contributed by atoms with Gasteiger partial charge in [0.05, 0.1) is 11.8 Å². The predicted octanol–water partition coefficient (Wildman–Crippen LogP) is 2.59. The van der Waals surface area contributed by atoms with E-state index in [1.807, 2.05) is 0 Å². The fourth-order valence-corrected chi connectivity index (χ4v) is 2.10. The van der Waals surface area contributed by atoms with Gasteiger partial charge < -0.3 is 4.74 Å². The van der Waals surface area contributed by atoms with Crippen LogP contribution in [0.1, 0.15) is 10.4 Å². The molecule has 1 N–H and O–H groups in total. The largest absolute Gasteiger partial charge is 0.451 e. The molecule has 0 spiro atoms. The van der Waals surface area contributed by atoms with Crippen molar-refractivity contribution >= 4 is 15.9 Å². The number of carbonyl (C=O) groups is 1. The number of sulfonamides is 1. The molecule has 0 saturated heterocycles. The summed E-state index contributed by atoms with van der Waals surface area (Å²) in [5.74, 6) is -5.48. The second-order valence-corrected chi connectivity index (χ2v) is 6.25. The van der Waals surface area contributed by atoms with Gasteiger partial charge in [-0.3, -0.25) is 4.79 Å². The normalized spacial score (nSPS) is 11.1. The van der Waals surface area contributed by atoms with Crippen LogP contribution in [0.2, 0.25) is 0 Å². The molecule has 122 valence electrons. The summed E-state index contributed by atoms with van der Waals surface area (Å²) in [5.41, 5.74) is -0.825. The lowest BCUT2D eigenvalue weighted by Gasteiger charge is -2.10. The Hall–Kier alpha value is -2.55. The Labute approximate surface area is 129 Å². The van der Waals surface area contributed by atoms with Gasteiger partial charge in [0, 0.05) is 6.07 Å². The van der Waals surface area contributed by atoms with Crippen molar-refractivity contribution in [2.45, 2.75) is 0 Å². The number of rotatable bonds is 4. The monoisotopic (exact) mass is 345 g/mol. The van der Waals surface area contributed by atoms with Crippen LogP contribution in [-0.4, -0.2) is 20.6 Å². The highest BCUT2D eigenvalue weighted by molar-refractivity contribution is 7.89. The number of halogens is 3. The fourth-order valence-electron chi connectivity index (χ4n) is 1.65. The third-order valence-electron chi connectivity index (χ3n) is 2.60. The van der Waals surface area contributed by atoms with E-state index in [4.69, 9.17) is 4.74 Å². The molecule has 0 fully saturated rings. The van der Waals surface area contributed by atoms with Gasteiger partial charge in [0.2, 0.25) is 10.0 Å². The molecule has 23 heavy (non-hydrogen) atoms. The number of para-hydroxylation sites is 1. The maximum absolute atomic E-state index is 13.9. The number of ether oxygens (including phenoxy) is 1. The maximum atomic E-state index is 13.9. The molecule has 0 radical (unpaired) electrons. The lowest BCUT2D eigenvalue weighted by atomic mass is 10.2. The van der Waals surface area contributed by atoms with E-state index in [1.165, 1.54) is 22.9 Å². The molecule has 0 aliphatic carbocycles. The van der Waals surface area contributed by atoms with E-state index >= 15 is 0 Å². The van der Waals surface area contributed by atoms with Crippen LogP contribution in [0.3, 0.4) is 0 Å². The zero-order valence-corrected chi connectivity index (χ0v) is 12.5. The molecule has 9 heteroatoms. The van der Waals surface area contributed by atoms with E-state index in [9.17, 15) is 26.4 Å². The van der Waals surface area contributed by atoms with Crippen LogP contribution in [-0.2, 0) is 10.0 Å². The van der Waals surface area contributed by atoms with E-state index in [-0.39, 0.29) is 5.75 Å². The maximum Gasteiger partial charge on any atom is 0.267 e. The molecule has 0 atom stereocenters. The predicted molar refractivity (Wildman–Crippen MR) is 75.1 cm³/mol.